The molecule has 4 heteroatoms. The highest BCUT2D eigenvalue weighted by Gasteiger charge is 2.40. The minimum atomic E-state index is -0.415. The Morgan fingerprint density at radius 2 is 1.48 bits per heavy atom. The molecule has 7 aromatic rings. The van der Waals surface area contributed by atoms with Crippen LogP contribution >= 0.6 is 0 Å². The Morgan fingerprint density at radius 3 is 2.28 bits per heavy atom. The summed E-state index contributed by atoms with van der Waals surface area (Å²) in [6.07, 6.45) is 57.4. The summed E-state index contributed by atoms with van der Waals surface area (Å²) in [5.74, 6) is 3.17. The van der Waals surface area contributed by atoms with Crippen molar-refractivity contribution in [3.63, 3.8) is 0 Å². The van der Waals surface area contributed by atoms with E-state index in [9.17, 15) is 0 Å². The monoisotopic (exact) mass is 1050 g/mol. The molecule has 1 aliphatic heterocycles. The van der Waals surface area contributed by atoms with E-state index in [2.05, 4.69) is 301 Å². The lowest BCUT2D eigenvalue weighted by Gasteiger charge is -2.43. The Bertz CT molecular complexity index is 4080. The van der Waals surface area contributed by atoms with Crippen molar-refractivity contribution in [3.05, 3.63) is 319 Å². The average Bonchev–Trinajstić information content (AvgIpc) is 3.92. The number of aromatic nitrogens is 1. The molecular formula is C77H68N4. The SMILES string of the molecule is C#C/C(=C\C=C/C)N1c2ccc(N(c3cccc(C4(C)C=CC=CC4)c3)C3(C)C=CC(C4=CC=C(N(c5cccc(C(/C=C\C=C)=C/C)c5)c5ccc6c(c5)c5ccccc5n6-c5ccccc5)CC=C4)=CC3)cc2[C@@H]2C=CC=CC21. The van der Waals surface area contributed by atoms with Gasteiger partial charge < -0.3 is 19.3 Å². The molecule has 0 N–H and O–H groups in total. The van der Waals surface area contributed by atoms with E-state index in [1.807, 2.05) is 31.2 Å². The second-order valence-corrected chi connectivity index (χ2v) is 22.0. The van der Waals surface area contributed by atoms with Gasteiger partial charge in [0.1, 0.15) is 0 Å². The Hall–Kier alpha value is -9.56. The van der Waals surface area contributed by atoms with Gasteiger partial charge in [0, 0.05) is 68.3 Å². The van der Waals surface area contributed by atoms with Crippen molar-refractivity contribution >= 4 is 55.8 Å². The third-order valence-electron chi connectivity index (χ3n) is 16.8. The zero-order chi connectivity index (χ0) is 55.5. The molecule has 0 bridgehead atoms. The first-order chi connectivity index (χ1) is 39.7. The van der Waals surface area contributed by atoms with E-state index in [0.717, 1.165) is 70.2 Å². The third kappa shape index (κ3) is 9.81. The van der Waals surface area contributed by atoms with Gasteiger partial charge in [0.2, 0.25) is 0 Å². The maximum absolute atomic E-state index is 6.26. The fourth-order valence-corrected chi connectivity index (χ4v) is 12.7. The van der Waals surface area contributed by atoms with Crippen LogP contribution in [0.3, 0.4) is 0 Å². The molecule has 4 aliphatic carbocycles. The Kier molecular flexibility index (Phi) is 14.4. The van der Waals surface area contributed by atoms with Crippen molar-refractivity contribution in [1.29, 1.82) is 0 Å². The molecule has 5 aliphatic rings. The first-order valence-electron chi connectivity index (χ1n) is 28.5. The molecule has 6 aromatic carbocycles. The fourth-order valence-electron chi connectivity index (χ4n) is 12.7. The molecule has 396 valence electrons. The van der Waals surface area contributed by atoms with Gasteiger partial charge in [-0.3, -0.25) is 0 Å². The number of anilines is 5. The maximum Gasteiger partial charge on any atom is 0.0926 e. The molecule has 1 aromatic heterocycles. The minimum absolute atomic E-state index is 0.0896. The summed E-state index contributed by atoms with van der Waals surface area (Å²) < 4.78 is 2.38. The van der Waals surface area contributed by atoms with Gasteiger partial charge >= 0.3 is 0 Å². The van der Waals surface area contributed by atoms with Crippen molar-refractivity contribution < 1.29 is 0 Å². The Balaban J connectivity index is 0.929. The normalized spacial score (nSPS) is 21.3. The van der Waals surface area contributed by atoms with Crippen molar-refractivity contribution in [2.45, 2.75) is 69.9 Å². The van der Waals surface area contributed by atoms with Gasteiger partial charge in [0.25, 0.3) is 0 Å². The third-order valence-corrected chi connectivity index (χ3v) is 16.8. The van der Waals surface area contributed by atoms with Gasteiger partial charge in [-0.2, -0.15) is 0 Å². The highest BCUT2D eigenvalue weighted by atomic mass is 15.2. The van der Waals surface area contributed by atoms with Gasteiger partial charge in [-0.05, 0) is 158 Å². The van der Waals surface area contributed by atoms with Crippen LogP contribution in [0.25, 0.3) is 33.1 Å². The quantitative estimate of drug-likeness (QED) is 0.0797. The number of para-hydroxylation sites is 2. The topological polar surface area (TPSA) is 14.7 Å². The Morgan fingerprint density at radius 1 is 0.691 bits per heavy atom. The molecule has 3 unspecified atom stereocenters. The second kappa shape index (κ2) is 22.3. The van der Waals surface area contributed by atoms with E-state index >= 15 is 0 Å². The summed E-state index contributed by atoms with van der Waals surface area (Å²) >= 11 is 0. The summed E-state index contributed by atoms with van der Waals surface area (Å²) in [5, 5.41) is 2.43. The van der Waals surface area contributed by atoms with E-state index in [1.54, 1.807) is 0 Å². The van der Waals surface area contributed by atoms with Crippen LogP contribution < -0.4 is 14.7 Å². The number of benzene rings is 6. The average molecular weight is 1050 g/mol. The van der Waals surface area contributed by atoms with E-state index in [1.165, 1.54) is 49.8 Å². The second-order valence-electron chi connectivity index (χ2n) is 22.0. The van der Waals surface area contributed by atoms with Crippen LogP contribution in [0.15, 0.2) is 302 Å². The summed E-state index contributed by atoms with van der Waals surface area (Å²) in [6.45, 7) is 12.8. The van der Waals surface area contributed by atoms with E-state index < -0.39 is 5.54 Å². The van der Waals surface area contributed by atoms with Crippen LogP contribution in [-0.2, 0) is 5.41 Å². The predicted molar refractivity (Wildman–Crippen MR) is 347 cm³/mol. The number of hydrogen-bond acceptors (Lipinski definition) is 3. The summed E-state index contributed by atoms with van der Waals surface area (Å²) in [5.41, 5.74) is 17.9. The molecule has 2 heterocycles. The molecule has 4 atom stereocenters. The molecule has 0 spiro atoms. The van der Waals surface area contributed by atoms with Crippen LogP contribution in [0.2, 0.25) is 0 Å². The van der Waals surface area contributed by atoms with Crippen LogP contribution in [0, 0.1) is 12.3 Å². The zero-order valence-electron chi connectivity index (χ0n) is 46.8. The summed E-state index contributed by atoms with van der Waals surface area (Å²) in [7, 11) is 0. The van der Waals surface area contributed by atoms with Crippen LogP contribution in [0.1, 0.15) is 69.6 Å². The summed E-state index contributed by atoms with van der Waals surface area (Å²) in [6, 6.07) is 51.7. The lowest BCUT2D eigenvalue weighted by atomic mass is 9.77. The fraction of sp³-hybridized carbons (Fsp3) is 0.143. The molecule has 81 heavy (non-hydrogen) atoms. The Labute approximate surface area is 479 Å². The molecule has 12 rings (SSSR count). The highest BCUT2D eigenvalue weighted by Crippen LogP contribution is 2.50. The molecule has 0 saturated carbocycles. The number of terminal acetylenes is 1. The molecule has 0 fully saturated rings. The lowest BCUT2D eigenvalue weighted by molar-refractivity contribution is 0.565. The van der Waals surface area contributed by atoms with Crippen molar-refractivity contribution in [3.8, 4) is 18.0 Å². The van der Waals surface area contributed by atoms with Gasteiger partial charge in [-0.25, -0.2) is 0 Å². The smallest absolute Gasteiger partial charge is 0.0926 e. The van der Waals surface area contributed by atoms with Crippen LogP contribution in [-0.4, -0.2) is 16.1 Å². The van der Waals surface area contributed by atoms with Gasteiger partial charge in [-0.1, -0.05) is 202 Å². The van der Waals surface area contributed by atoms with Crippen molar-refractivity contribution in [2.24, 2.45) is 0 Å². The van der Waals surface area contributed by atoms with E-state index in [4.69, 9.17) is 6.42 Å². The van der Waals surface area contributed by atoms with E-state index in [-0.39, 0.29) is 17.4 Å². The van der Waals surface area contributed by atoms with Crippen LogP contribution in [0.4, 0.5) is 28.4 Å². The van der Waals surface area contributed by atoms with Gasteiger partial charge in [-0.15, -0.1) is 6.42 Å². The number of allylic oxidation sites excluding steroid dienone is 22. The first-order valence-corrected chi connectivity index (χ1v) is 28.5. The first kappa shape index (κ1) is 52.2. The molecule has 0 amide bonds. The number of rotatable bonds is 14. The minimum Gasteiger partial charge on any atom is -0.332 e. The molecular weight excluding hydrogens is 981 g/mol. The standard InChI is InChI=1S/C77H68N4/c1-7-11-26-56(9-3)59-28-24-34-64(52-59)78(65-42-44-75-70(54-65)68-36-18-20-39-73(68)80(75)62-31-15-13-16-32-62)63-33-23-27-57(40-41-63)58-46-50-77(6,51-47-58)81(66-35-25-29-60(53-66)76(5)48-21-14-22-49-76)67-43-45-74-71(55-67)69-37-17-19-38-72(69)79(74)61(10-4)30-12-8-2/h4,7-9,11-32,34-48,50,52-55,69,72H,1,33,49,51H2,2-3,5-6H3/b12-8-,26-11-,56-9+,61-30+/t69-,72?,76?,77?/m0/s1. The maximum atomic E-state index is 6.26. The number of nitrogens with zero attached hydrogens (tertiary/aromatic N) is 4. The molecule has 0 radical (unpaired) electrons. The lowest BCUT2D eigenvalue weighted by Crippen LogP contribution is -2.42. The van der Waals surface area contributed by atoms with Gasteiger partial charge in [0.15, 0.2) is 0 Å². The van der Waals surface area contributed by atoms with E-state index in [0.29, 0.717) is 0 Å². The number of fused-ring (bicyclic) bond motifs is 6. The molecule has 0 saturated heterocycles. The van der Waals surface area contributed by atoms with Crippen molar-refractivity contribution in [2.75, 3.05) is 14.7 Å². The van der Waals surface area contributed by atoms with Crippen molar-refractivity contribution in [1.82, 2.24) is 4.57 Å². The number of hydrogen-bond donors (Lipinski definition) is 0. The zero-order valence-corrected chi connectivity index (χ0v) is 46.8. The predicted octanol–water partition coefficient (Wildman–Crippen LogP) is 19.6. The van der Waals surface area contributed by atoms with Gasteiger partial charge in [0.05, 0.1) is 28.3 Å². The molecule has 4 nitrogen and oxygen atoms in total. The summed E-state index contributed by atoms with van der Waals surface area (Å²) in [4.78, 5) is 7.36. The highest BCUT2D eigenvalue weighted by molar-refractivity contribution is 6.10. The van der Waals surface area contributed by atoms with Crippen LogP contribution in [0.5, 0.6) is 0 Å². The largest absolute Gasteiger partial charge is 0.332 e.